The molecule has 184 valence electrons. The van der Waals surface area contributed by atoms with Crippen molar-refractivity contribution in [3.63, 3.8) is 0 Å². The molecule has 1 fully saturated rings. The third-order valence-electron chi connectivity index (χ3n) is 6.32. The summed E-state index contributed by atoms with van der Waals surface area (Å²) < 4.78 is 5.96. The van der Waals surface area contributed by atoms with Crippen molar-refractivity contribution >= 4 is 35.0 Å². The van der Waals surface area contributed by atoms with Crippen molar-refractivity contribution in [3.05, 3.63) is 63.6 Å². The van der Waals surface area contributed by atoms with E-state index in [0.717, 1.165) is 36.8 Å². The highest BCUT2D eigenvalue weighted by Crippen LogP contribution is 2.27. The van der Waals surface area contributed by atoms with Crippen molar-refractivity contribution in [2.75, 3.05) is 6.61 Å². The van der Waals surface area contributed by atoms with Crippen LogP contribution in [0.25, 0.3) is 0 Å². The molecular weight excluding hydrogens is 471 g/mol. The van der Waals surface area contributed by atoms with Gasteiger partial charge in [-0.05, 0) is 54.5 Å². The number of benzene rings is 2. The fourth-order valence-electron chi connectivity index (χ4n) is 4.43. The van der Waals surface area contributed by atoms with Crippen LogP contribution in [-0.2, 0) is 16.1 Å². The fourth-order valence-corrected chi connectivity index (χ4v) is 4.75. The Labute approximate surface area is 212 Å². The third-order valence-corrected chi connectivity index (χ3v) is 7.06. The predicted molar refractivity (Wildman–Crippen MR) is 138 cm³/mol. The van der Waals surface area contributed by atoms with Crippen molar-refractivity contribution in [2.24, 2.45) is 0 Å². The highest BCUT2D eigenvalue weighted by molar-refractivity contribution is 6.42. The lowest BCUT2D eigenvalue weighted by molar-refractivity contribution is -0.143. The van der Waals surface area contributed by atoms with E-state index in [0.29, 0.717) is 22.2 Å². The van der Waals surface area contributed by atoms with Gasteiger partial charge in [0.2, 0.25) is 5.91 Å². The maximum atomic E-state index is 13.5. The van der Waals surface area contributed by atoms with E-state index in [1.165, 1.54) is 0 Å². The van der Waals surface area contributed by atoms with Crippen LogP contribution >= 0.6 is 23.2 Å². The SMILES string of the molecule is CC[C@@H](C(=O)NC1CCCC1)N(Cc1ccc(Cl)c(Cl)c1)C(=O)COc1ccccc1C(C)C. The normalized spacial score (nSPS) is 14.8. The van der Waals surface area contributed by atoms with Crippen LogP contribution in [0.1, 0.15) is 69.9 Å². The number of amides is 2. The third kappa shape index (κ3) is 6.89. The van der Waals surface area contributed by atoms with Crippen LogP contribution in [0.2, 0.25) is 10.0 Å². The molecule has 2 amide bonds. The maximum absolute atomic E-state index is 13.5. The van der Waals surface area contributed by atoms with E-state index in [4.69, 9.17) is 27.9 Å². The zero-order valence-electron chi connectivity index (χ0n) is 20.2. The van der Waals surface area contributed by atoms with Crippen LogP contribution in [0, 0.1) is 0 Å². The number of rotatable bonds is 10. The second kappa shape index (κ2) is 12.5. The molecule has 0 spiro atoms. The largest absolute Gasteiger partial charge is 0.483 e. The second-order valence-electron chi connectivity index (χ2n) is 9.17. The molecule has 5 nitrogen and oxygen atoms in total. The Hall–Kier alpha value is -2.24. The molecule has 0 bridgehead atoms. The van der Waals surface area contributed by atoms with Crippen molar-refractivity contribution < 1.29 is 14.3 Å². The predicted octanol–water partition coefficient (Wildman–Crippen LogP) is 6.36. The van der Waals surface area contributed by atoms with Gasteiger partial charge in [-0.2, -0.15) is 0 Å². The summed E-state index contributed by atoms with van der Waals surface area (Å²) >= 11 is 12.3. The maximum Gasteiger partial charge on any atom is 0.261 e. The Bertz CT molecular complexity index is 990. The number of carbonyl (C=O) groups excluding carboxylic acids is 2. The van der Waals surface area contributed by atoms with Gasteiger partial charge < -0.3 is 15.0 Å². The van der Waals surface area contributed by atoms with Crippen molar-refractivity contribution in [2.45, 2.75) is 77.4 Å². The summed E-state index contributed by atoms with van der Waals surface area (Å²) in [6.45, 7) is 6.17. The smallest absolute Gasteiger partial charge is 0.261 e. The zero-order valence-corrected chi connectivity index (χ0v) is 21.7. The molecule has 2 aromatic rings. The minimum Gasteiger partial charge on any atom is -0.483 e. The fraction of sp³-hybridized carbons (Fsp3) is 0.481. The average molecular weight is 505 g/mol. The van der Waals surface area contributed by atoms with Crippen LogP contribution in [0.3, 0.4) is 0 Å². The molecule has 34 heavy (non-hydrogen) atoms. The van der Waals surface area contributed by atoms with Gasteiger partial charge >= 0.3 is 0 Å². The lowest BCUT2D eigenvalue weighted by Crippen LogP contribution is -2.52. The zero-order chi connectivity index (χ0) is 24.7. The van der Waals surface area contributed by atoms with Crippen molar-refractivity contribution in [1.29, 1.82) is 0 Å². The van der Waals surface area contributed by atoms with E-state index in [2.05, 4.69) is 19.2 Å². The molecule has 0 radical (unpaired) electrons. The number of para-hydroxylation sites is 1. The second-order valence-corrected chi connectivity index (χ2v) is 9.98. The first-order valence-electron chi connectivity index (χ1n) is 12.1. The van der Waals surface area contributed by atoms with E-state index in [-0.39, 0.29) is 36.9 Å². The van der Waals surface area contributed by atoms with Crippen molar-refractivity contribution in [3.8, 4) is 5.75 Å². The van der Waals surface area contributed by atoms with Crippen LogP contribution in [-0.4, -0.2) is 35.4 Å². The molecule has 1 saturated carbocycles. The van der Waals surface area contributed by atoms with E-state index < -0.39 is 6.04 Å². The highest BCUT2D eigenvalue weighted by Gasteiger charge is 2.31. The van der Waals surface area contributed by atoms with Gasteiger partial charge in [-0.1, -0.05) is 81.1 Å². The first kappa shape index (κ1) is 26.4. The summed E-state index contributed by atoms with van der Waals surface area (Å²) in [6.07, 6.45) is 4.71. The summed E-state index contributed by atoms with van der Waals surface area (Å²) in [6, 6.07) is 12.6. The van der Waals surface area contributed by atoms with E-state index in [9.17, 15) is 9.59 Å². The summed E-state index contributed by atoms with van der Waals surface area (Å²) in [5.74, 6) is 0.575. The Morgan fingerprint density at radius 1 is 1.09 bits per heavy atom. The van der Waals surface area contributed by atoms with Gasteiger partial charge in [-0.25, -0.2) is 0 Å². The van der Waals surface area contributed by atoms with Gasteiger partial charge in [-0.15, -0.1) is 0 Å². The molecule has 1 N–H and O–H groups in total. The average Bonchev–Trinajstić information content (AvgIpc) is 3.32. The number of carbonyl (C=O) groups is 2. The van der Waals surface area contributed by atoms with Gasteiger partial charge in [0, 0.05) is 12.6 Å². The summed E-state index contributed by atoms with van der Waals surface area (Å²) in [5.41, 5.74) is 1.84. The van der Waals surface area contributed by atoms with Gasteiger partial charge in [0.1, 0.15) is 11.8 Å². The molecule has 0 saturated heterocycles. The summed E-state index contributed by atoms with van der Waals surface area (Å²) in [4.78, 5) is 28.3. The first-order chi connectivity index (χ1) is 16.3. The number of hydrogen-bond acceptors (Lipinski definition) is 3. The molecule has 2 aromatic carbocycles. The van der Waals surface area contributed by atoms with Gasteiger partial charge in [-0.3, -0.25) is 9.59 Å². The Balaban J connectivity index is 1.81. The summed E-state index contributed by atoms with van der Waals surface area (Å²) in [5, 5.41) is 4.01. The van der Waals surface area contributed by atoms with E-state index in [1.807, 2.05) is 37.3 Å². The highest BCUT2D eigenvalue weighted by atomic mass is 35.5. The number of hydrogen-bond donors (Lipinski definition) is 1. The number of nitrogens with zero attached hydrogens (tertiary/aromatic N) is 1. The first-order valence-corrected chi connectivity index (χ1v) is 12.8. The Morgan fingerprint density at radius 2 is 1.79 bits per heavy atom. The number of halogens is 2. The molecule has 1 atom stereocenters. The molecule has 3 rings (SSSR count). The van der Waals surface area contributed by atoms with E-state index >= 15 is 0 Å². The summed E-state index contributed by atoms with van der Waals surface area (Å²) in [7, 11) is 0. The van der Waals surface area contributed by atoms with Crippen LogP contribution in [0.5, 0.6) is 5.75 Å². The topological polar surface area (TPSA) is 58.6 Å². The molecule has 7 heteroatoms. The van der Waals surface area contributed by atoms with E-state index in [1.54, 1.807) is 17.0 Å². The molecule has 0 heterocycles. The molecule has 1 aliphatic carbocycles. The molecule has 0 unspecified atom stereocenters. The van der Waals surface area contributed by atoms with Crippen molar-refractivity contribution in [1.82, 2.24) is 10.2 Å². The molecule has 0 aromatic heterocycles. The standard InChI is InChI=1S/C27H34Cl2N2O3/c1-4-24(27(33)30-20-9-5-6-10-20)31(16-19-13-14-22(28)23(29)15-19)26(32)17-34-25-12-8-7-11-21(25)18(2)3/h7-8,11-15,18,20,24H,4-6,9-10,16-17H2,1-3H3,(H,30,33)/t24-/m0/s1. The molecular formula is C27H34Cl2N2O3. The van der Waals surface area contributed by atoms with Gasteiger partial charge in [0.15, 0.2) is 6.61 Å². The minimum absolute atomic E-state index is 0.120. The van der Waals surface area contributed by atoms with Gasteiger partial charge in [0.05, 0.1) is 10.0 Å². The number of nitrogens with one attached hydrogen (secondary N) is 1. The minimum atomic E-state index is -0.605. The Kier molecular flexibility index (Phi) is 9.66. The lowest BCUT2D eigenvalue weighted by atomic mass is 10.0. The van der Waals surface area contributed by atoms with Crippen LogP contribution < -0.4 is 10.1 Å². The quantitative estimate of drug-likeness (QED) is 0.409. The Morgan fingerprint density at radius 3 is 2.44 bits per heavy atom. The van der Waals surface area contributed by atoms with Crippen LogP contribution in [0.15, 0.2) is 42.5 Å². The monoisotopic (exact) mass is 504 g/mol. The number of ether oxygens (including phenoxy) is 1. The van der Waals surface area contributed by atoms with Gasteiger partial charge in [0.25, 0.3) is 5.91 Å². The van der Waals surface area contributed by atoms with Crippen LogP contribution in [0.4, 0.5) is 0 Å². The molecule has 1 aliphatic rings. The molecule has 0 aliphatic heterocycles. The lowest BCUT2D eigenvalue weighted by Gasteiger charge is -2.31.